The number of ether oxygens (including phenoxy) is 2. The van der Waals surface area contributed by atoms with Crippen LogP contribution in [0.3, 0.4) is 0 Å². The van der Waals surface area contributed by atoms with Crippen molar-refractivity contribution >= 4 is 27.5 Å². The SMILES string of the molecule is COCCOc1ccc(C2=[C-]CC(C)C(=O)N2CC(F)F)c(Br)c1.[Y]. The Morgan fingerprint density at radius 2 is 2.12 bits per heavy atom. The third kappa shape index (κ3) is 6.09. The first-order chi connectivity index (χ1) is 11.4. The predicted octanol–water partition coefficient (Wildman–Crippen LogP) is 3.75. The molecule has 2 rings (SSSR count). The van der Waals surface area contributed by atoms with Crippen LogP contribution in [0.5, 0.6) is 5.75 Å². The number of alkyl halides is 2. The summed E-state index contributed by atoms with van der Waals surface area (Å²) in [5.41, 5.74) is 1.02. The Kier molecular flexibility index (Phi) is 9.71. The van der Waals surface area contributed by atoms with Gasteiger partial charge in [0.05, 0.1) is 13.2 Å². The van der Waals surface area contributed by atoms with E-state index in [-0.39, 0.29) is 44.5 Å². The van der Waals surface area contributed by atoms with E-state index >= 15 is 0 Å². The molecule has 4 nitrogen and oxygen atoms in total. The molecule has 135 valence electrons. The maximum Gasteiger partial charge on any atom is 0.256 e. The third-order valence-electron chi connectivity index (χ3n) is 3.61. The number of hydrogen-bond donors (Lipinski definition) is 0. The number of benzene rings is 1. The van der Waals surface area contributed by atoms with E-state index in [0.29, 0.717) is 41.1 Å². The summed E-state index contributed by atoms with van der Waals surface area (Å²) >= 11 is 3.42. The van der Waals surface area contributed by atoms with Crippen molar-refractivity contribution in [2.75, 3.05) is 26.9 Å². The number of nitrogens with zero attached hydrogens (tertiary/aromatic N) is 1. The Morgan fingerprint density at radius 1 is 1.40 bits per heavy atom. The smallest absolute Gasteiger partial charge is 0.256 e. The number of hydrogen-bond acceptors (Lipinski definition) is 3. The molecule has 0 saturated heterocycles. The van der Waals surface area contributed by atoms with Gasteiger partial charge in [-0.3, -0.25) is 4.79 Å². The fourth-order valence-electron chi connectivity index (χ4n) is 2.39. The number of amides is 1. The van der Waals surface area contributed by atoms with Crippen molar-refractivity contribution < 1.29 is 55.8 Å². The summed E-state index contributed by atoms with van der Waals surface area (Å²) in [6, 6.07) is 5.20. The second kappa shape index (κ2) is 10.7. The molecule has 0 N–H and O–H groups in total. The van der Waals surface area contributed by atoms with Gasteiger partial charge in [-0.25, -0.2) is 14.9 Å². The first-order valence-corrected chi connectivity index (χ1v) is 8.35. The monoisotopic (exact) mass is 491 g/mol. The number of carbonyl (C=O) groups is 1. The molecule has 8 heteroatoms. The summed E-state index contributed by atoms with van der Waals surface area (Å²) in [7, 11) is 1.59. The Bertz CT molecular complexity index is 628. The van der Waals surface area contributed by atoms with Crippen LogP contribution in [0.25, 0.3) is 5.70 Å². The van der Waals surface area contributed by atoms with E-state index in [2.05, 4.69) is 22.0 Å². The quantitative estimate of drug-likeness (QED) is 0.430. The van der Waals surface area contributed by atoms with Crippen LogP contribution in [0.15, 0.2) is 22.7 Å². The fourth-order valence-corrected chi connectivity index (χ4v) is 2.93. The summed E-state index contributed by atoms with van der Waals surface area (Å²) in [5, 5.41) is 0. The van der Waals surface area contributed by atoms with E-state index in [0.717, 1.165) is 4.90 Å². The van der Waals surface area contributed by atoms with E-state index in [1.165, 1.54) is 0 Å². The zero-order valence-corrected chi connectivity index (χ0v) is 18.5. The summed E-state index contributed by atoms with van der Waals surface area (Å²) in [5.74, 6) is -0.0292. The Balaban J connectivity index is 0.00000312. The first-order valence-electron chi connectivity index (χ1n) is 7.56. The van der Waals surface area contributed by atoms with Gasteiger partial charge in [0.25, 0.3) is 6.43 Å². The van der Waals surface area contributed by atoms with Crippen LogP contribution < -0.4 is 4.74 Å². The molecule has 1 atom stereocenters. The number of halogens is 3. The normalized spacial score (nSPS) is 17.4. The summed E-state index contributed by atoms with van der Waals surface area (Å²) in [4.78, 5) is 13.4. The van der Waals surface area contributed by atoms with Gasteiger partial charge in [0.2, 0.25) is 5.91 Å². The largest absolute Gasteiger partial charge is 0.491 e. The van der Waals surface area contributed by atoms with Crippen LogP contribution in [0.4, 0.5) is 8.78 Å². The van der Waals surface area contributed by atoms with Gasteiger partial charge in [-0.2, -0.15) is 0 Å². The van der Waals surface area contributed by atoms with Crippen LogP contribution in [-0.4, -0.2) is 44.1 Å². The molecule has 25 heavy (non-hydrogen) atoms. The molecule has 1 aliphatic heterocycles. The van der Waals surface area contributed by atoms with Gasteiger partial charge >= 0.3 is 0 Å². The minimum atomic E-state index is -2.61. The van der Waals surface area contributed by atoms with Crippen molar-refractivity contribution in [2.45, 2.75) is 19.8 Å². The van der Waals surface area contributed by atoms with Gasteiger partial charge in [-0.05, 0) is 12.1 Å². The number of methoxy groups -OCH3 is 1. The molecule has 1 aromatic carbocycles. The molecule has 1 radical (unpaired) electrons. The van der Waals surface area contributed by atoms with Crippen LogP contribution in [0.2, 0.25) is 0 Å². The molecule has 0 spiro atoms. The maximum atomic E-state index is 12.9. The van der Waals surface area contributed by atoms with Crippen molar-refractivity contribution in [2.24, 2.45) is 5.92 Å². The maximum absolute atomic E-state index is 12.9. The van der Waals surface area contributed by atoms with Gasteiger partial charge in [0.15, 0.2) is 0 Å². The number of carbonyl (C=O) groups excluding carboxylic acids is 1. The molecule has 1 heterocycles. The van der Waals surface area contributed by atoms with Crippen LogP contribution in [-0.2, 0) is 42.2 Å². The predicted molar refractivity (Wildman–Crippen MR) is 89.7 cm³/mol. The van der Waals surface area contributed by atoms with Crippen molar-refractivity contribution in [1.82, 2.24) is 4.90 Å². The standard InChI is InChI=1S/C17H19BrF2NO3.Y/c1-11-3-6-15(21(17(11)22)10-16(19)20)13-5-4-12(9-14(13)18)24-8-7-23-2;/h4-5,9,11,16H,3,7-8,10H2,1-2H3;/q-1;. The Labute approximate surface area is 179 Å². The molecular formula is C17H19BrF2NO3Y-. The summed E-state index contributed by atoms with van der Waals surface area (Å²) in [6.45, 7) is 1.95. The average Bonchev–Trinajstić information content (AvgIpc) is 2.53. The molecule has 0 aromatic heterocycles. The molecule has 1 amide bonds. The van der Waals surface area contributed by atoms with Crippen LogP contribution in [0.1, 0.15) is 18.9 Å². The van der Waals surface area contributed by atoms with Crippen molar-refractivity contribution in [3.63, 3.8) is 0 Å². The average molecular weight is 492 g/mol. The van der Waals surface area contributed by atoms with Gasteiger partial charge in [0.1, 0.15) is 12.4 Å². The van der Waals surface area contributed by atoms with Gasteiger partial charge < -0.3 is 14.4 Å². The minimum absolute atomic E-state index is 0. The number of rotatable bonds is 7. The molecule has 0 fully saturated rings. The van der Waals surface area contributed by atoms with E-state index in [9.17, 15) is 13.6 Å². The van der Waals surface area contributed by atoms with E-state index in [4.69, 9.17) is 9.47 Å². The van der Waals surface area contributed by atoms with E-state index in [1.54, 1.807) is 32.2 Å². The van der Waals surface area contributed by atoms with Gasteiger partial charge in [-0.1, -0.05) is 33.7 Å². The molecular weight excluding hydrogens is 473 g/mol. The van der Waals surface area contributed by atoms with E-state index < -0.39 is 13.0 Å². The van der Waals surface area contributed by atoms with Crippen LogP contribution >= 0.6 is 15.9 Å². The summed E-state index contributed by atoms with van der Waals surface area (Å²) < 4.78 is 36.8. The molecule has 1 unspecified atom stereocenters. The van der Waals surface area contributed by atoms with Crippen LogP contribution in [0, 0.1) is 12.0 Å². The Morgan fingerprint density at radius 3 is 2.72 bits per heavy atom. The molecule has 0 saturated carbocycles. The van der Waals surface area contributed by atoms with Crippen molar-refractivity contribution in [1.29, 1.82) is 0 Å². The first kappa shape index (κ1) is 22.7. The van der Waals surface area contributed by atoms with Gasteiger partial charge in [-0.15, -0.1) is 17.3 Å². The Hall–Kier alpha value is -0.366. The topological polar surface area (TPSA) is 38.8 Å². The van der Waals surface area contributed by atoms with Crippen molar-refractivity contribution in [3.8, 4) is 5.75 Å². The molecule has 0 aliphatic carbocycles. The fraction of sp³-hybridized carbons (Fsp3) is 0.471. The zero-order valence-electron chi connectivity index (χ0n) is 14.1. The number of allylic oxidation sites excluding steroid dienone is 1. The second-order valence-corrected chi connectivity index (χ2v) is 6.31. The molecule has 1 aliphatic rings. The molecule has 1 aromatic rings. The minimum Gasteiger partial charge on any atom is -0.491 e. The summed E-state index contributed by atoms with van der Waals surface area (Å²) in [6.07, 6.45) is 0.885. The second-order valence-electron chi connectivity index (χ2n) is 5.45. The molecule has 0 bridgehead atoms. The van der Waals surface area contributed by atoms with E-state index in [1.807, 2.05) is 0 Å². The van der Waals surface area contributed by atoms with Gasteiger partial charge in [0, 0.05) is 45.7 Å². The van der Waals surface area contributed by atoms with Crippen molar-refractivity contribution in [3.05, 3.63) is 34.3 Å². The zero-order chi connectivity index (χ0) is 17.7. The third-order valence-corrected chi connectivity index (χ3v) is 4.26.